The second-order valence-corrected chi connectivity index (χ2v) is 4.74. The number of ether oxygens (including phenoxy) is 1. The number of pyridine rings is 2. The van der Waals surface area contributed by atoms with Crippen LogP contribution < -0.4 is 15.4 Å². The highest BCUT2D eigenvalue weighted by molar-refractivity contribution is 6.07. The second-order valence-electron chi connectivity index (χ2n) is 4.74. The van der Waals surface area contributed by atoms with E-state index in [0.717, 1.165) is 0 Å². The number of amides is 1. The fourth-order valence-electron chi connectivity index (χ4n) is 1.75. The van der Waals surface area contributed by atoms with Gasteiger partial charge in [-0.1, -0.05) is 0 Å². The molecule has 6 heteroatoms. The van der Waals surface area contributed by atoms with Crippen molar-refractivity contribution >= 4 is 17.4 Å². The Balaban J connectivity index is 2.16. The van der Waals surface area contributed by atoms with Crippen LogP contribution in [0.2, 0.25) is 0 Å². The SMILES string of the molecule is COc1ccc(NC(=O)c2cccnc2NC(C)C)cn1. The van der Waals surface area contributed by atoms with Crippen molar-refractivity contribution in [2.24, 2.45) is 0 Å². The van der Waals surface area contributed by atoms with Gasteiger partial charge in [-0.3, -0.25) is 4.79 Å². The van der Waals surface area contributed by atoms with Crippen molar-refractivity contribution in [1.82, 2.24) is 9.97 Å². The molecule has 2 aromatic heterocycles. The van der Waals surface area contributed by atoms with Crippen LogP contribution in [0, 0.1) is 0 Å². The maximum Gasteiger partial charge on any atom is 0.259 e. The zero-order valence-corrected chi connectivity index (χ0v) is 12.3. The summed E-state index contributed by atoms with van der Waals surface area (Å²) in [5.41, 5.74) is 1.09. The molecule has 0 aliphatic rings. The minimum absolute atomic E-state index is 0.189. The molecule has 0 unspecified atom stereocenters. The van der Waals surface area contributed by atoms with Crippen LogP contribution >= 0.6 is 0 Å². The van der Waals surface area contributed by atoms with Crippen molar-refractivity contribution in [2.75, 3.05) is 17.7 Å². The summed E-state index contributed by atoms with van der Waals surface area (Å²) >= 11 is 0. The number of aromatic nitrogens is 2. The van der Waals surface area contributed by atoms with E-state index in [1.165, 1.54) is 0 Å². The third-order valence-electron chi connectivity index (χ3n) is 2.68. The van der Waals surface area contributed by atoms with Crippen LogP contribution in [0.5, 0.6) is 5.88 Å². The van der Waals surface area contributed by atoms with E-state index < -0.39 is 0 Å². The Kier molecular flexibility index (Phi) is 4.71. The van der Waals surface area contributed by atoms with Gasteiger partial charge < -0.3 is 15.4 Å². The van der Waals surface area contributed by atoms with Crippen molar-refractivity contribution in [2.45, 2.75) is 19.9 Å². The minimum Gasteiger partial charge on any atom is -0.481 e. The smallest absolute Gasteiger partial charge is 0.259 e. The molecule has 6 nitrogen and oxygen atoms in total. The molecular formula is C15H18N4O2. The van der Waals surface area contributed by atoms with Gasteiger partial charge in [0.15, 0.2) is 0 Å². The summed E-state index contributed by atoms with van der Waals surface area (Å²) in [7, 11) is 1.54. The van der Waals surface area contributed by atoms with Crippen LogP contribution in [-0.4, -0.2) is 29.0 Å². The summed E-state index contributed by atoms with van der Waals surface area (Å²) in [6.45, 7) is 3.98. The molecule has 21 heavy (non-hydrogen) atoms. The Hall–Kier alpha value is -2.63. The van der Waals surface area contributed by atoms with Crippen molar-refractivity contribution in [3.05, 3.63) is 42.2 Å². The number of anilines is 2. The molecule has 2 rings (SSSR count). The van der Waals surface area contributed by atoms with E-state index in [1.54, 1.807) is 43.8 Å². The fraction of sp³-hybridized carbons (Fsp3) is 0.267. The zero-order valence-electron chi connectivity index (χ0n) is 12.3. The molecule has 0 saturated heterocycles. The second kappa shape index (κ2) is 6.69. The van der Waals surface area contributed by atoms with E-state index in [4.69, 9.17) is 4.74 Å². The first-order chi connectivity index (χ1) is 10.1. The van der Waals surface area contributed by atoms with Gasteiger partial charge in [-0.2, -0.15) is 0 Å². The van der Waals surface area contributed by atoms with E-state index in [1.807, 2.05) is 13.8 Å². The first kappa shape index (κ1) is 14.8. The van der Waals surface area contributed by atoms with E-state index in [0.29, 0.717) is 22.9 Å². The predicted octanol–water partition coefficient (Wildman–Crippen LogP) is 2.56. The Morgan fingerprint density at radius 1 is 1.24 bits per heavy atom. The normalized spacial score (nSPS) is 10.3. The third kappa shape index (κ3) is 3.92. The molecule has 0 atom stereocenters. The summed E-state index contributed by atoms with van der Waals surface area (Å²) in [6.07, 6.45) is 3.19. The molecule has 110 valence electrons. The Morgan fingerprint density at radius 3 is 2.67 bits per heavy atom. The van der Waals surface area contributed by atoms with E-state index in [-0.39, 0.29) is 11.9 Å². The van der Waals surface area contributed by atoms with E-state index in [9.17, 15) is 4.79 Å². The summed E-state index contributed by atoms with van der Waals surface area (Å²) in [4.78, 5) is 20.6. The lowest BCUT2D eigenvalue weighted by Crippen LogP contribution is -2.18. The number of carbonyl (C=O) groups excluding carboxylic acids is 1. The molecule has 0 aromatic carbocycles. The van der Waals surface area contributed by atoms with Crippen LogP contribution in [0.4, 0.5) is 11.5 Å². The molecule has 2 heterocycles. The number of carbonyl (C=O) groups is 1. The molecule has 0 bridgehead atoms. The average Bonchev–Trinajstić information content (AvgIpc) is 2.48. The standard InChI is InChI=1S/C15H18N4O2/c1-10(2)18-14-12(5-4-8-16-14)15(20)19-11-6-7-13(21-3)17-9-11/h4-10H,1-3H3,(H,16,18)(H,19,20). The Morgan fingerprint density at radius 2 is 2.05 bits per heavy atom. The highest BCUT2D eigenvalue weighted by atomic mass is 16.5. The maximum atomic E-state index is 12.3. The summed E-state index contributed by atoms with van der Waals surface area (Å²) in [6, 6.07) is 7.06. The van der Waals surface area contributed by atoms with Gasteiger partial charge in [0.05, 0.1) is 24.6 Å². The highest BCUT2D eigenvalue weighted by Gasteiger charge is 2.13. The number of hydrogen-bond donors (Lipinski definition) is 2. The van der Waals surface area contributed by atoms with Crippen LogP contribution in [0.25, 0.3) is 0 Å². The number of rotatable bonds is 5. The van der Waals surface area contributed by atoms with Crippen LogP contribution in [0.15, 0.2) is 36.7 Å². The number of nitrogens with one attached hydrogen (secondary N) is 2. The Labute approximate surface area is 123 Å². The van der Waals surface area contributed by atoms with Gasteiger partial charge in [0.1, 0.15) is 5.82 Å². The molecule has 1 amide bonds. The van der Waals surface area contributed by atoms with Gasteiger partial charge in [0.25, 0.3) is 5.91 Å². The Bertz CT molecular complexity index is 611. The zero-order chi connectivity index (χ0) is 15.2. The highest BCUT2D eigenvalue weighted by Crippen LogP contribution is 2.16. The molecule has 2 aromatic rings. The molecule has 2 N–H and O–H groups in total. The van der Waals surface area contributed by atoms with Crippen molar-refractivity contribution < 1.29 is 9.53 Å². The average molecular weight is 286 g/mol. The van der Waals surface area contributed by atoms with Crippen LogP contribution in [-0.2, 0) is 0 Å². The topological polar surface area (TPSA) is 76.1 Å². The summed E-state index contributed by atoms with van der Waals surface area (Å²) in [5.74, 6) is 0.821. The van der Waals surface area contributed by atoms with Gasteiger partial charge >= 0.3 is 0 Å². The maximum absolute atomic E-state index is 12.3. The van der Waals surface area contributed by atoms with Gasteiger partial charge in [-0.25, -0.2) is 9.97 Å². The number of hydrogen-bond acceptors (Lipinski definition) is 5. The molecule has 0 aliphatic carbocycles. The quantitative estimate of drug-likeness (QED) is 0.883. The van der Waals surface area contributed by atoms with Crippen molar-refractivity contribution in [3.8, 4) is 5.88 Å². The van der Waals surface area contributed by atoms with Crippen LogP contribution in [0.3, 0.4) is 0 Å². The van der Waals surface area contributed by atoms with Gasteiger partial charge in [-0.05, 0) is 32.0 Å². The number of nitrogens with zero attached hydrogens (tertiary/aromatic N) is 2. The summed E-state index contributed by atoms with van der Waals surface area (Å²) in [5, 5.41) is 5.94. The molecular weight excluding hydrogens is 268 g/mol. The van der Waals surface area contributed by atoms with Gasteiger partial charge in [0.2, 0.25) is 5.88 Å². The van der Waals surface area contributed by atoms with E-state index in [2.05, 4.69) is 20.6 Å². The lowest BCUT2D eigenvalue weighted by Gasteiger charge is -2.13. The van der Waals surface area contributed by atoms with Crippen molar-refractivity contribution in [1.29, 1.82) is 0 Å². The van der Waals surface area contributed by atoms with Gasteiger partial charge in [0, 0.05) is 18.3 Å². The first-order valence-corrected chi connectivity index (χ1v) is 6.63. The fourth-order valence-corrected chi connectivity index (χ4v) is 1.75. The molecule has 0 radical (unpaired) electrons. The molecule has 0 aliphatic heterocycles. The predicted molar refractivity (Wildman–Crippen MR) is 81.7 cm³/mol. The van der Waals surface area contributed by atoms with Crippen molar-refractivity contribution in [3.63, 3.8) is 0 Å². The monoisotopic (exact) mass is 286 g/mol. The van der Waals surface area contributed by atoms with E-state index >= 15 is 0 Å². The molecule has 0 saturated carbocycles. The number of methoxy groups -OCH3 is 1. The molecule has 0 spiro atoms. The lowest BCUT2D eigenvalue weighted by atomic mass is 10.2. The largest absolute Gasteiger partial charge is 0.481 e. The summed E-state index contributed by atoms with van der Waals surface area (Å²) < 4.78 is 4.98. The molecule has 0 fully saturated rings. The lowest BCUT2D eigenvalue weighted by molar-refractivity contribution is 0.102. The van der Waals surface area contributed by atoms with Gasteiger partial charge in [-0.15, -0.1) is 0 Å². The minimum atomic E-state index is -0.238. The van der Waals surface area contributed by atoms with Crippen LogP contribution in [0.1, 0.15) is 24.2 Å². The first-order valence-electron chi connectivity index (χ1n) is 6.63. The third-order valence-corrected chi connectivity index (χ3v) is 2.68.